The summed E-state index contributed by atoms with van der Waals surface area (Å²) in [5, 5.41) is 12.9. The highest BCUT2D eigenvalue weighted by molar-refractivity contribution is 7.99. The number of thioether (sulfide) groups is 1. The van der Waals surface area contributed by atoms with Crippen LogP contribution in [0.3, 0.4) is 0 Å². The van der Waals surface area contributed by atoms with Crippen molar-refractivity contribution in [3.8, 4) is 5.69 Å². The molecule has 0 aliphatic carbocycles. The Hall–Kier alpha value is -2.84. The van der Waals surface area contributed by atoms with Gasteiger partial charge < -0.3 is 15.0 Å². The zero-order valence-corrected chi connectivity index (χ0v) is 20.1. The lowest BCUT2D eigenvalue weighted by Gasteiger charge is -2.28. The number of carbonyl (C=O) groups is 1. The summed E-state index contributed by atoms with van der Waals surface area (Å²) in [6, 6.07) is 18.5. The van der Waals surface area contributed by atoms with Gasteiger partial charge in [0.2, 0.25) is 11.9 Å². The molecule has 8 heteroatoms. The molecule has 2 aromatic carbocycles. The fourth-order valence-electron chi connectivity index (χ4n) is 3.84. The van der Waals surface area contributed by atoms with Crippen molar-refractivity contribution >= 4 is 23.6 Å². The molecule has 0 radical (unpaired) electrons. The average molecular weight is 466 g/mol. The first kappa shape index (κ1) is 23.3. The first-order chi connectivity index (χ1) is 16.2. The molecule has 1 aromatic heterocycles. The molecule has 33 heavy (non-hydrogen) atoms. The molecule has 2 heterocycles. The lowest BCUT2D eigenvalue weighted by atomic mass is 10.1. The average Bonchev–Trinajstić information content (AvgIpc) is 3.29. The molecule has 3 aromatic rings. The Kier molecular flexibility index (Phi) is 8.01. The number of ether oxygens (including phenoxy) is 1. The third-order valence-electron chi connectivity index (χ3n) is 5.72. The third kappa shape index (κ3) is 5.94. The van der Waals surface area contributed by atoms with Crippen LogP contribution >= 0.6 is 11.8 Å². The summed E-state index contributed by atoms with van der Waals surface area (Å²) in [7, 11) is 0. The molecule has 1 atom stereocenters. The predicted molar refractivity (Wildman–Crippen MR) is 132 cm³/mol. The maximum absolute atomic E-state index is 12.5. The number of carbonyl (C=O) groups excluding carboxylic acids is 1. The van der Waals surface area contributed by atoms with Gasteiger partial charge in [0.15, 0.2) is 5.16 Å². The number of amides is 1. The number of anilines is 1. The van der Waals surface area contributed by atoms with Gasteiger partial charge in [-0.25, -0.2) is 0 Å². The van der Waals surface area contributed by atoms with E-state index >= 15 is 0 Å². The van der Waals surface area contributed by atoms with Crippen molar-refractivity contribution in [2.45, 2.75) is 37.9 Å². The second kappa shape index (κ2) is 11.3. The molecule has 0 saturated carbocycles. The van der Waals surface area contributed by atoms with E-state index in [0.717, 1.165) is 41.9 Å². The Labute approximate surface area is 199 Å². The van der Waals surface area contributed by atoms with Crippen LogP contribution in [-0.2, 0) is 16.0 Å². The van der Waals surface area contributed by atoms with Crippen molar-refractivity contribution in [1.82, 2.24) is 20.1 Å². The molecule has 0 spiro atoms. The first-order valence-corrected chi connectivity index (χ1v) is 12.5. The highest BCUT2D eigenvalue weighted by Crippen LogP contribution is 2.28. The van der Waals surface area contributed by atoms with E-state index in [4.69, 9.17) is 4.74 Å². The fraction of sp³-hybridized carbons (Fsp3) is 0.400. The maximum atomic E-state index is 12.5. The minimum absolute atomic E-state index is 0.0166. The smallest absolute Gasteiger partial charge is 0.232 e. The molecule has 174 valence electrons. The van der Waals surface area contributed by atoms with Gasteiger partial charge in [-0.2, -0.15) is 0 Å². The van der Waals surface area contributed by atoms with Crippen molar-refractivity contribution in [3.63, 3.8) is 0 Å². The van der Waals surface area contributed by atoms with Crippen LogP contribution in [0.25, 0.3) is 5.69 Å². The molecule has 1 fully saturated rings. The molecule has 1 aliphatic heterocycles. The van der Waals surface area contributed by atoms with Gasteiger partial charge in [-0.15, -0.1) is 10.2 Å². The second-order valence-corrected chi connectivity index (χ2v) is 9.10. The van der Waals surface area contributed by atoms with Crippen molar-refractivity contribution < 1.29 is 9.53 Å². The summed E-state index contributed by atoms with van der Waals surface area (Å²) in [4.78, 5) is 14.7. The van der Waals surface area contributed by atoms with Crippen molar-refractivity contribution in [3.05, 3.63) is 65.7 Å². The van der Waals surface area contributed by atoms with Gasteiger partial charge in [0.25, 0.3) is 0 Å². The molecular weight excluding hydrogens is 434 g/mol. The molecule has 1 saturated heterocycles. The van der Waals surface area contributed by atoms with Crippen LogP contribution in [-0.4, -0.2) is 52.7 Å². The van der Waals surface area contributed by atoms with E-state index in [1.165, 1.54) is 5.56 Å². The largest absolute Gasteiger partial charge is 0.378 e. The summed E-state index contributed by atoms with van der Waals surface area (Å²) in [6.07, 6.45) is 1.38. The van der Waals surface area contributed by atoms with Crippen LogP contribution in [0.5, 0.6) is 0 Å². The fourth-order valence-corrected chi connectivity index (χ4v) is 4.72. The Balaban J connectivity index is 1.45. The van der Waals surface area contributed by atoms with Gasteiger partial charge >= 0.3 is 0 Å². The summed E-state index contributed by atoms with van der Waals surface area (Å²) < 4.78 is 7.63. The van der Waals surface area contributed by atoms with Crippen LogP contribution in [0, 0.1) is 0 Å². The number of hydrogen-bond acceptors (Lipinski definition) is 6. The van der Waals surface area contributed by atoms with E-state index in [1.807, 2.05) is 37.3 Å². The maximum Gasteiger partial charge on any atom is 0.232 e. The summed E-state index contributed by atoms with van der Waals surface area (Å²) >= 11 is 1.56. The summed E-state index contributed by atoms with van der Waals surface area (Å²) in [6.45, 7) is 7.10. The molecule has 1 amide bonds. The lowest BCUT2D eigenvalue weighted by molar-refractivity contribution is -0.121. The van der Waals surface area contributed by atoms with E-state index in [0.29, 0.717) is 25.4 Å². The van der Waals surface area contributed by atoms with Gasteiger partial charge in [0, 0.05) is 25.3 Å². The third-order valence-corrected chi connectivity index (χ3v) is 6.66. The standard InChI is InChI=1S/C25H31N5O2S/c1-3-20-8-7-11-22(18-20)30-24(29-13-15-32-16-14-29)27-28-25(30)33-17-12-23(31)26-19(2)21-9-5-4-6-10-21/h4-11,18-19H,3,12-17H2,1-2H3,(H,26,31)/t19-/m1/s1. The second-order valence-electron chi connectivity index (χ2n) is 8.04. The number of aryl methyl sites for hydroxylation is 1. The van der Waals surface area contributed by atoms with Gasteiger partial charge in [0.1, 0.15) is 0 Å². The number of hydrogen-bond donors (Lipinski definition) is 1. The molecular formula is C25H31N5O2S. The minimum atomic E-state index is -0.0166. The highest BCUT2D eigenvalue weighted by Gasteiger charge is 2.22. The van der Waals surface area contributed by atoms with Crippen molar-refractivity contribution in [1.29, 1.82) is 0 Å². The highest BCUT2D eigenvalue weighted by atomic mass is 32.2. The van der Waals surface area contributed by atoms with Crippen LogP contribution in [0.1, 0.15) is 37.4 Å². The molecule has 1 N–H and O–H groups in total. The number of morpholine rings is 1. The van der Waals surface area contributed by atoms with Crippen LogP contribution in [0.2, 0.25) is 0 Å². The van der Waals surface area contributed by atoms with Gasteiger partial charge in [-0.05, 0) is 36.6 Å². The topological polar surface area (TPSA) is 72.3 Å². The number of rotatable bonds is 9. The Morgan fingerprint density at radius 3 is 2.67 bits per heavy atom. The Morgan fingerprint density at radius 1 is 1.12 bits per heavy atom. The van der Waals surface area contributed by atoms with Crippen LogP contribution in [0.4, 0.5) is 5.95 Å². The van der Waals surface area contributed by atoms with Crippen LogP contribution in [0.15, 0.2) is 59.8 Å². The number of benzene rings is 2. The van der Waals surface area contributed by atoms with Crippen LogP contribution < -0.4 is 10.2 Å². The number of aromatic nitrogens is 3. The van der Waals surface area contributed by atoms with Crippen molar-refractivity contribution in [2.75, 3.05) is 37.0 Å². The minimum Gasteiger partial charge on any atom is -0.378 e. The lowest BCUT2D eigenvalue weighted by Crippen LogP contribution is -2.37. The number of nitrogens with zero attached hydrogens (tertiary/aromatic N) is 4. The molecule has 0 unspecified atom stereocenters. The zero-order valence-electron chi connectivity index (χ0n) is 19.2. The molecule has 0 bridgehead atoms. The molecule has 1 aliphatic rings. The monoisotopic (exact) mass is 465 g/mol. The summed E-state index contributed by atoms with van der Waals surface area (Å²) in [5.74, 6) is 1.49. The van der Waals surface area contributed by atoms with Gasteiger partial charge in [-0.1, -0.05) is 61.2 Å². The number of nitrogens with one attached hydrogen (secondary N) is 1. The van der Waals surface area contributed by atoms with E-state index in [1.54, 1.807) is 11.8 Å². The van der Waals surface area contributed by atoms with Crippen molar-refractivity contribution in [2.24, 2.45) is 0 Å². The summed E-state index contributed by atoms with van der Waals surface area (Å²) in [5.41, 5.74) is 3.41. The first-order valence-electron chi connectivity index (χ1n) is 11.5. The van der Waals surface area contributed by atoms with E-state index in [2.05, 4.69) is 56.2 Å². The van der Waals surface area contributed by atoms with Gasteiger partial charge in [-0.3, -0.25) is 9.36 Å². The molecule has 7 nitrogen and oxygen atoms in total. The Morgan fingerprint density at radius 2 is 1.91 bits per heavy atom. The quantitative estimate of drug-likeness (QED) is 0.481. The SMILES string of the molecule is CCc1cccc(-n2c(SCCC(=O)N[C@H](C)c3ccccc3)nnc2N2CCOCC2)c1. The van der Waals surface area contributed by atoms with E-state index in [-0.39, 0.29) is 11.9 Å². The van der Waals surface area contributed by atoms with Gasteiger partial charge in [0.05, 0.1) is 24.9 Å². The Bertz CT molecular complexity index is 1050. The normalized spacial score (nSPS) is 14.8. The zero-order chi connectivity index (χ0) is 23.0. The van der Waals surface area contributed by atoms with E-state index < -0.39 is 0 Å². The predicted octanol–water partition coefficient (Wildman–Crippen LogP) is 4.03. The molecule has 4 rings (SSSR count). The van der Waals surface area contributed by atoms with E-state index in [9.17, 15) is 4.79 Å².